The van der Waals surface area contributed by atoms with Gasteiger partial charge in [0.05, 0.1) is 5.69 Å². The Balaban J connectivity index is 2.41. The van der Waals surface area contributed by atoms with Gasteiger partial charge < -0.3 is 10.1 Å². The minimum Gasteiger partial charge on any atom is -0.493 e. The maximum atomic E-state index is 12.9. The van der Waals surface area contributed by atoms with Crippen molar-refractivity contribution in [2.24, 2.45) is 10.2 Å². The molecule has 0 radical (unpaired) electrons. The van der Waals surface area contributed by atoms with Crippen LogP contribution in [0.4, 0.5) is 15.8 Å². The molecule has 0 saturated carbocycles. The van der Waals surface area contributed by atoms with E-state index in [0.717, 1.165) is 6.07 Å². The summed E-state index contributed by atoms with van der Waals surface area (Å²) in [6, 6.07) is 5.35. The molecule has 0 fully saturated rings. The van der Waals surface area contributed by atoms with Gasteiger partial charge in [-0.3, -0.25) is 9.78 Å². The van der Waals surface area contributed by atoms with Crippen LogP contribution in [0.5, 0.6) is 5.88 Å². The molecule has 0 atom stereocenters. The fraction of sp³-hybridized carbons (Fsp3) is 0. The van der Waals surface area contributed by atoms with Crippen LogP contribution in [0.15, 0.2) is 39.3 Å². The lowest BCUT2D eigenvalue weighted by Gasteiger charge is -1.96. The van der Waals surface area contributed by atoms with Crippen LogP contribution in [0.25, 0.3) is 0 Å². The first-order chi connectivity index (χ1) is 8.56. The number of nitrogens with zero attached hydrogens (tertiary/aromatic N) is 2. The maximum Gasteiger partial charge on any atom is 0.283 e. The summed E-state index contributed by atoms with van der Waals surface area (Å²) in [5.74, 6) is -0.971. The highest BCUT2D eigenvalue weighted by molar-refractivity contribution is 7.71. The molecule has 8 heteroatoms. The molecule has 92 valence electrons. The Hall–Kier alpha value is -2.35. The number of benzene rings is 1. The molecule has 1 aromatic carbocycles. The topological polar surface area (TPSA) is 93.6 Å². The van der Waals surface area contributed by atoms with E-state index >= 15 is 0 Å². The molecule has 2 aromatic rings. The molecule has 0 saturated heterocycles. The van der Waals surface area contributed by atoms with Crippen molar-refractivity contribution in [1.29, 1.82) is 0 Å². The molecular formula is C10H7FN4O2S. The number of rotatable bonds is 2. The lowest BCUT2D eigenvalue weighted by molar-refractivity contribution is 0.451. The molecule has 0 amide bonds. The third-order valence-corrected chi connectivity index (χ3v) is 2.18. The standard InChI is InChI=1S/C10H7FN4O2S/c11-5-2-1-3-6(4-5)14-15-7-8(16)12-10(18)13-9(7)17/h1-4H,(H3,12,13,16,17,18). The van der Waals surface area contributed by atoms with E-state index in [2.05, 4.69) is 32.4 Å². The van der Waals surface area contributed by atoms with Crippen molar-refractivity contribution < 1.29 is 9.50 Å². The van der Waals surface area contributed by atoms with Crippen LogP contribution < -0.4 is 5.56 Å². The van der Waals surface area contributed by atoms with Gasteiger partial charge in [0, 0.05) is 6.07 Å². The van der Waals surface area contributed by atoms with E-state index in [0.29, 0.717) is 0 Å². The molecule has 1 heterocycles. The lowest BCUT2D eigenvalue weighted by Crippen LogP contribution is -2.06. The Morgan fingerprint density at radius 3 is 2.72 bits per heavy atom. The third-order valence-electron chi connectivity index (χ3n) is 1.97. The molecule has 0 aliphatic rings. The Morgan fingerprint density at radius 2 is 2.06 bits per heavy atom. The number of nitrogens with one attached hydrogen (secondary N) is 2. The zero-order valence-electron chi connectivity index (χ0n) is 8.85. The van der Waals surface area contributed by atoms with Crippen molar-refractivity contribution >= 4 is 23.6 Å². The Labute approximate surface area is 105 Å². The summed E-state index contributed by atoms with van der Waals surface area (Å²) in [4.78, 5) is 16.0. The number of halogens is 1. The number of azo groups is 1. The van der Waals surface area contributed by atoms with Crippen molar-refractivity contribution in [3.8, 4) is 5.88 Å². The van der Waals surface area contributed by atoms with Crippen molar-refractivity contribution in [3.05, 3.63) is 45.2 Å². The monoisotopic (exact) mass is 266 g/mol. The molecule has 0 spiro atoms. The van der Waals surface area contributed by atoms with Gasteiger partial charge >= 0.3 is 0 Å². The fourth-order valence-corrected chi connectivity index (χ4v) is 1.40. The Morgan fingerprint density at radius 1 is 1.28 bits per heavy atom. The predicted molar refractivity (Wildman–Crippen MR) is 64.5 cm³/mol. The number of H-pyrrole nitrogens is 2. The molecule has 0 bridgehead atoms. The van der Waals surface area contributed by atoms with Gasteiger partial charge in [-0.15, -0.1) is 5.11 Å². The minimum absolute atomic E-state index is 0.0257. The van der Waals surface area contributed by atoms with Crippen LogP contribution in [0, 0.1) is 10.6 Å². The highest BCUT2D eigenvalue weighted by Crippen LogP contribution is 2.21. The summed E-state index contributed by atoms with van der Waals surface area (Å²) in [7, 11) is 0. The number of aromatic nitrogens is 2. The number of aromatic hydroxyl groups is 1. The summed E-state index contributed by atoms with van der Waals surface area (Å²) in [6.45, 7) is 0. The minimum atomic E-state index is -0.684. The molecule has 18 heavy (non-hydrogen) atoms. The van der Waals surface area contributed by atoms with Crippen LogP contribution in [-0.2, 0) is 0 Å². The molecule has 0 aliphatic carbocycles. The second-order valence-electron chi connectivity index (χ2n) is 3.29. The van der Waals surface area contributed by atoms with Crippen LogP contribution in [-0.4, -0.2) is 15.1 Å². The first-order valence-electron chi connectivity index (χ1n) is 4.79. The van der Waals surface area contributed by atoms with Crippen LogP contribution in [0.2, 0.25) is 0 Å². The first-order valence-corrected chi connectivity index (χ1v) is 5.20. The smallest absolute Gasteiger partial charge is 0.283 e. The second kappa shape index (κ2) is 4.88. The highest BCUT2D eigenvalue weighted by Gasteiger charge is 2.05. The maximum absolute atomic E-state index is 12.9. The highest BCUT2D eigenvalue weighted by atomic mass is 32.1. The first kappa shape index (κ1) is 12.1. The molecule has 0 unspecified atom stereocenters. The average molecular weight is 266 g/mol. The summed E-state index contributed by atoms with van der Waals surface area (Å²) < 4.78 is 12.8. The number of aromatic amines is 2. The predicted octanol–water partition coefficient (Wildman–Crippen LogP) is 2.69. The molecule has 0 aliphatic heterocycles. The quantitative estimate of drug-likeness (QED) is 0.576. The zero-order chi connectivity index (χ0) is 13.1. The lowest BCUT2D eigenvalue weighted by atomic mass is 10.3. The molecular weight excluding hydrogens is 259 g/mol. The van der Waals surface area contributed by atoms with Gasteiger partial charge in [-0.2, -0.15) is 5.11 Å². The third kappa shape index (κ3) is 2.66. The van der Waals surface area contributed by atoms with E-state index in [4.69, 9.17) is 0 Å². The van der Waals surface area contributed by atoms with Crippen LogP contribution >= 0.6 is 12.2 Å². The van der Waals surface area contributed by atoms with Crippen molar-refractivity contribution in [1.82, 2.24) is 9.97 Å². The number of hydrogen-bond donors (Lipinski definition) is 3. The van der Waals surface area contributed by atoms with Gasteiger partial charge in [-0.1, -0.05) is 6.07 Å². The van der Waals surface area contributed by atoms with Crippen LogP contribution in [0.3, 0.4) is 0 Å². The van der Waals surface area contributed by atoms with Gasteiger partial charge in [0.1, 0.15) is 5.82 Å². The largest absolute Gasteiger partial charge is 0.493 e. The summed E-state index contributed by atoms with van der Waals surface area (Å²) in [5, 5.41) is 16.6. The van der Waals surface area contributed by atoms with Gasteiger partial charge in [-0.25, -0.2) is 4.39 Å². The van der Waals surface area contributed by atoms with E-state index < -0.39 is 17.3 Å². The molecule has 1 aromatic heterocycles. The molecule has 3 N–H and O–H groups in total. The zero-order valence-corrected chi connectivity index (χ0v) is 9.66. The average Bonchev–Trinajstić information content (AvgIpc) is 2.27. The SMILES string of the molecule is O=c1[nH]c(=S)[nH]c(O)c1N=Nc1cccc(F)c1. The fourth-order valence-electron chi connectivity index (χ4n) is 1.21. The van der Waals surface area contributed by atoms with Gasteiger partial charge in [0.25, 0.3) is 5.56 Å². The second-order valence-corrected chi connectivity index (χ2v) is 3.69. The van der Waals surface area contributed by atoms with E-state index in [1.54, 1.807) is 0 Å². The van der Waals surface area contributed by atoms with E-state index in [9.17, 15) is 14.3 Å². The normalized spacial score (nSPS) is 10.9. The summed E-state index contributed by atoms with van der Waals surface area (Å²) >= 11 is 4.65. The van der Waals surface area contributed by atoms with Gasteiger partial charge in [-0.05, 0) is 24.4 Å². The Bertz CT molecular complexity index is 722. The van der Waals surface area contributed by atoms with Crippen molar-refractivity contribution in [3.63, 3.8) is 0 Å². The molecule has 2 rings (SSSR count). The van der Waals surface area contributed by atoms with Crippen LogP contribution in [0.1, 0.15) is 0 Å². The van der Waals surface area contributed by atoms with Gasteiger partial charge in [0.2, 0.25) is 11.6 Å². The van der Waals surface area contributed by atoms with Crippen molar-refractivity contribution in [2.75, 3.05) is 0 Å². The van der Waals surface area contributed by atoms with E-state index in [1.807, 2.05) is 0 Å². The van der Waals surface area contributed by atoms with E-state index in [1.165, 1.54) is 18.2 Å². The van der Waals surface area contributed by atoms with E-state index in [-0.39, 0.29) is 16.1 Å². The summed E-state index contributed by atoms with van der Waals surface area (Å²) in [6.07, 6.45) is 0. The number of hydrogen-bond acceptors (Lipinski definition) is 5. The van der Waals surface area contributed by atoms with Crippen molar-refractivity contribution in [2.45, 2.75) is 0 Å². The van der Waals surface area contributed by atoms with Gasteiger partial charge in [0.15, 0.2) is 4.77 Å². The summed E-state index contributed by atoms with van der Waals surface area (Å²) in [5.41, 5.74) is -0.791. The Kier molecular flexibility index (Phi) is 3.28. The molecule has 6 nitrogen and oxygen atoms in total.